The van der Waals surface area contributed by atoms with Gasteiger partial charge in [-0.25, -0.2) is 0 Å². The van der Waals surface area contributed by atoms with E-state index in [4.69, 9.17) is 9.47 Å². The molecule has 12 rings (SSSR count). The summed E-state index contributed by atoms with van der Waals surface area (Å²) in [6, 6.07) is 81.8. The van der Waals surface area contributed by atoms with Crippen LogP contribution in [-0.2, 0) is 34.1 Å². The van der Waals surface area contributed by atoms with Gasteiger partial charge in [0.1, 0.15) is 11.2 Å². The summed E-state index contributed by atoms with van der Waals surface area (Å²) in [5.41, 5.74) is 17.5. The highest BCUT2D eigenvalue weighted by Gasteiger charge is 2.37. The second-order valence-electron chi connectivity index (χ2n) is 27.8. The van der Waals surface area contributed by atoms with Gasteiger partial charge in [0.15, 0.2) is 23.1 Å². The Hall–Kier alpha value is -7.64. The number of nitrogens with zero attached hydrogens (tertiary/aromatic N) is 2. The average molecular weight is 1740 g/mol. The number of rotatable bonds is 20. The van der Waals surface area contributed by atoms with Gasteiger partial charge in [0.25, 0.3) is 0 Å². The molecule has 0 radical (unpaired) electrons. The molecule has 10 nitrogen and oxygen atoms in total. The van der Waals surface area contributed by atoms with Crippen LogP contribution in [0.25, 0.3) is 66.8 Å². The van der Waals surface area contributed by atoms with Gasteiger partial charge in [-0.05, 0) is 181 Å². The van der Waals surface area contributed by atoms with Gasteiger partial charge in [-0.2, -0.15) is 0 Å². The van der Waals surface area contributed by atoms with E-state index in [9.17, 15) is 29.4 Å². The lowest BCUT2D eigenvalue weighted by molar-refractivity contribution is -0.00442. The Balaban J connectivity index is 0. The third-order valence-corrected chi connectivity index (χ3v) is 20.8. The molecule has 122 heavy (non-hydrogen) atoms. The van der Waals surface area contributed by atoms with Crippen LogP contribution in [0.15, 0.2) is 243 Å². The Morgan fingerprint density at radius 3 is 0.639 bits per heavy atom. The Morgan fingerprint density at radius 2 is 0.426 bits per heavy atom. The molecular formula is C108H158N2O8P4. The topological polar surface area (TPSA) is 134 Å². The maximum Gasteiger partial charge on any atom is 0.193 e. The number of carbonyl (C=O) groups excluding carboxylic acids is 4. The minimum atomic E-state index is -1.35. The van der Waals surface area contributed by atoms with Gasteiger partial charge < -0.3 is 19.7 Å². The molecule has 4 unspecified atom stereocenters. The molecule has 0 aromatic heterocycles. The molecule has 2 N–H and O–H groups in total. The highest BCUT2D eigenvalue weighted by molar-refractivity contribution is 7.16. The van der Waals surface area contributed by atoms with Gasteiger partial charge in [-0.15, -0.1) is 37.0 Å². The van der Waals surface area contributed by atoms with Gasteiger partial charge >= 0.3 is 0 Å². The molecule has 0 aliphatic carbocycles. The third-order valence-electron chi connectivity index (χ3n) is 18.9. The van der Waals surface area contributed by atoms with Crippen LogP contribution in [0.1, 0.15) is 258 Å². The van der Waals surface area contributed by atoms with Gasteiger partial charge in [0.2, 0.25) is 0 Å². The number of ketones is 4. The van der Waals surface area contributed by atoms with E-state index in [1.807, 2.05) is 251 Å². The average Bonchev–Trinajstić information content (AvgIpc) is 0.803. The molecule has 0 bridgehead atoms. The van der Waals surface area contributed by atoms with E-state index in [1.54, 1.807) is 18.2 Å². The molecule has 10 aromatic carbocycles. The van der Waals surface area contributed by atoms with Gasteiger partial charge in [-0.1, -0.05) is 369 Å². The molecule has 668 valence electrons. The minimum absolute atomic E-state index is 0.158. The highest BCUT2D eigenvalue weighted by atomic mass is 31.0. The molecule has 10 aromatic rings. The van der Waals surface area contributed by atoms with Gasteiger partial charge in [0, 0.05) is 48.4 Å². The number of benzene rings is 10. The fourth-order valence-corrected chi connectivity index (χ4v) is 13.4. The van der Waals surface area contributed by atoms with Crippen LogP contribution in [0.5, 0.6) is 0 Å². The van der Waals surface area contributed by atoms with Crippen molar-refractivity contribution in [3.63, 3.8) is 0 Å². The maximum atomic E-state index is 13.2. The van der Waals surface area contributed by atoms with Crippen molar-refractivity contribution >= 4 is 60.1 Å². The molecule has 14 heteroatoms. The lowest BCUT2D eigenvalue weighted by Crippen LogP contribution is -2.54. The quantitative estimate of drug-likeness (QED) is 0.0561. The Kier molecular flexibility index (Phi) is 62.0. The smallest absolute Gasteiger partial charge is 0.193 e. The van der Waals surface area contributed by atoms with Gasteiger partial charge in [-0.3, -0.25) is 29.0 Å². The minimum Gasteiger partial charge on any atom is -0.382 e. The van der Waals surface area contributed by atoms with E-state index >= 15 is 0 Å². The first-order valence-electron chi connectivity index (χ1n) is 44.9. The molecule has 2 aliphatic rings. The van der Waals surface area contributed by atoms with Crippen molar-refractivity contribution < 1.29 is 38.9 Å². The number of hydrogen-bond acceptors (Lipinski definition) is 10. The number of carbonyl (C=O) groups is 4. The zero-order valence-electron chi connectivity index (χ0n) is 80.1. The largest absolute Gasteiger partial charge is 0.382 e. The lowest BCUT2D eigenvalue weighted by Gasteiger charge is -2.39. The van der Waals surface area contributed by atoms with Gasteiger partial charge in [0.05, 0.1) is 37.5 Å². The number of ether oxygens (including phenoxy) is 2. The Labute approximate surface area is 751 Å². The first-order chi connectivity index (χ1) is 58.8. The molecule has 4 atom stereocenters. The van der Waals surface area contributed by atoms with Crippen LogP contribution in [0.2, 0.25) is 0 Å². The predicted molar refractivity (Wildman–Crippen MR) is 548 cm³/mol. The fourth-order valence-electron chi connectivity index (χ4n) is 12.3. The summed E-state index contributed by atoms with van der Waals surface area (Å²) in [4.78, 5) is 55.0. The fraction of sp³-hybridized carbons (Fsp3) is 0.407. The predicted octanol–water partition coefficient (Wildman–Crippen LogP) is 29.0. The molecule has 2 aliphatic heterocycles. The van der Waals surface area contributed by atoms with E-state index in [1.165, 1.54) is 72.2 Å². The second-order valence-corrected chi connectivity index (χ2v) is 29.5. The van der Waals surface area contributed by atoms with Crippen LogP contribution in [0, 0.1) is 0 Å². The summed E-state index contributed by atoms with van der Waals surface area (Å²) in [5.74, 6) is -0.211. The van der Waals surface area contributed by atoms with Crippen molar-refractivity contribution in [3.05, 3.63) is 287 Å². The normalized spacial score (nSPS) is 11.9. The standard InChI is InChI=1S/C27H30NO2P.C23H23O2P.C21H26NO2P.C17H19O2P.10C2H6/c1-27(2,28-15-17-30-18-16-28)26(29)25-13-11-24(12-14-25)23-9-7-22(8-10-23)21-5-3-20(19-31)4-6-21;1-23(2,25)22(24)21-13-11-20(12-14-21)19-9-7-18(8-10-19)17-5-3-16(15-26)4-6-17;1-21(2,22-10-12-24-13-11-22)20(23)19-5-3-4-18(14-19)17-8-6-16(15-25)7-9-17;1-17(2,19)16(18)15-5-3-4-14(10-15)13-8-6-12(11-20)7-9-13;10*1-2/h3-14H,15-19,31H2,1-2H3;3-14,25H,15,26H2,1-2H3;3-9,14H,10-13,15,25H2,1-2H3;3-10,19H,11,20H2,1-2H3;10*1-2H3. The molecule has 0 spiro atoms. The summed E-state index contributed by atoms with van der Waals surface area (Å²) in [6.45, 7) is 60.0. The summed E-state index contributed by atoms with van der Waals surface area (Å²) in [5, 5.41) is 19.7. The maximum absolute atomic E-state index is 13.2. The van der Waals surface area contributed by atoms with Crippen molar-refractivity contribution in [2.45, 2.75) is 241 Å². The Morgan fingerprint density at radius 1 is 0.254 bits per heavy atom. The molecular weight excluding hydrogens is 1580 g/mol. The number of morpholine rings is 2. The third kappa shape index (κ3) is 37.7. The zero-order chi connectivity index (χ0) is 93.2. The summed E-state index contributed by atoms with van der Waals surface area (Å²) in [7, 11) is 10.9. The zero-order valence-corrected chi connectivity index (χ0v) is 84.7. The van der Waals surface area contributed by atoms with Crippen LogP contribution >= 0.6 is 37.0 Å². The molecule has 2 saturated heterocycles. The molecule has 0 amide bonds. The Bertz CT molecular complexity index is 4390. The monoisotopic (exact) mass is 1740 g/mol. The second kappa shape index (κ2) is 65.0. The molecule has 2 fully saturated rings. The summed E-state index contributed by atoms with van der Waals surface area (Å²) >= 11 is 0. The van der Waals surface area contributed by atoms with Crippen molar-refractivity contribution in [1.82, 2.24) is 9.80 Å². The SMILES string of the molecule is CC.CC.CC.CC.CC.CC.CC.CC.CC.CC.CC(C)(C(=O)c1ccc(-c2ccc(-c3ccc(CP)cc3)cc2)cc1)N1CCOCC1.CC(C)(C(=O)c1cccc(-c2ccc(CP)cc2)c1)N1CCOCC1.CC(C)(O)C(=O)c1ccc(-c2ccc(-c3ccc(CP)cc3)cc2)cc1.CC(C)(O)C(=O)c1cccc(-c2ccc(CP)cc2)c1. The van der Waals surface area contributed by atoms with E-state index < -0.39 is 22.3 Å². The highest BCUT2D eigenvalue weighted by Crippen LogP contribution is 2.32. The van der Waals surface area contributed by atoms with E-state index in [2.05, 4.69) is 186 Å². The number of aliphatic hydroxyl groups is 2. The first-order valence-corrected chi connectivity index (χ1v) is 48.2. The van der Waals surface area contributed by atoms with Crippen LogP contribution in [0.3, 0.4) is 0 Å². The van der Waals surface area contributed by atoms with Crippen molar-refractivity contribution in [2.75, 3.05) is 52.6 Å². The van der Waals surface area contributed by atoms with Crippen LogP contribution < -0.4 is 0 Å². The van der Waals surface area contributed by atoms with E-state index in [0.29, 0.717) is 37.6 Å². The summed E-state index contributed by atoms with van der Waals surface area (Å²) < 4.78 is 10.9. The van der Waals surface area contributed by atoms with Crippen molar-refractivity contribution in [1.29, 1.82) is 0 Å². The van der Waals surface area contributed by atoms with E-state index in [-0.39, 0.29) is 23.1 Å². The summed E-state index contributed by atoms with van der Waals surface area (Å²) in [6.07, 6.45) is 3.82. The number of Topliss-reactive ketones (excluding diaryl/α,β-unsaturated/α-hetero) is 4. The molecule has 0 saturated carbocycles. The lowest BCUT2D eigenvalue weighted by atomic mass is 9.89. The van der Waals surface area contributed by atoms with Crippen molar-refractivity contribution in [3.8, 4) is 66.8 Å². The van der Waals surface area contributed by atoms with Crippen LogP contribution in [0.4, 0.5) is 0 Å². The molecule has 2 heterocycles. The number of hydrogen-bond donors (Lipinski definition) is 2. The van der Waals surface area contributed by atoms with E-state index in [0.717, 1.165) is 106 Å². The van der Waals surface area contributed by atoms with Crippen LogP contribution in [-0.4, -0.2) is 118 Å². The first kappa shape index (κ1) is 116. The van der Waals surface area contributed by atoms with Crippen molar-refractivity contribution in [2.24, 2.45) is 0 Å².